The summed E-state index contributed by atoms with van der Waals surface area (Å²) in [4.78, 5) is 33.7. The summed E-state index contributed by atoms with van der Waals surface area (Å²) in [7, 11) is 0. The van der Waals surface area contributed by atoms with Crippen LogP contribution in [0.3, 0.4) is 0 Å². The summed E-state index contributed by atoms with van der Waals surface area (Å²) in [5.74, 6) is 0.328. The number of hydrogen-bond acceptors (Lipinski definition) is 7. The third-order valence-electron chi connectivity index (χ3n) is 8.51. The van der Waals surface area contributed by atoms with Gasteiger partial charge in [-0.15, -0.1) is 0 Å². The van der Waals surface area contributed by atoms with Gasteiger partial charge in [-0.05, 0) is 51.3 Å². The normalized spacial score (nSPS) is 22.0. The number of nitrogens with one attached hydrogen (secondary N) is 3. The molecule has 3 heterocycles. The van der Waals surface area contributed by atoms with Gasteiger partial charge in [-0.3, -0.25) is 14.5 Å². The van der Waals surface area contributed by atoms with E-state index in [4.69, 9.17) is 21.1 Å². The van der Waals surface area contributed by atoms with Crippen molar-refractivity contribution in [3.8, 4) is 5.75 Å². The Balaban J connectivity index is 1.37. The SMILES string of the molecule is CCN(c1cc(O[C@H]2C[C@H](N3CCNCC3)C2)cc(C(=O)NCc2c(C)cc(C)[nH]c2=O)c1Cl)C1CCOCC1. The molecule has 218 valence electrons. The number of hydrogen-bond donors (Lipinski definition) is 3. The Kier molecular flexibility index (Phi) is 9.35. The highest BCUT2D eigenvalue weighted by atomic mass is 35.5. The van der Waals surface area contributed by atoms with E-state index < -0.39 is 0 Å². The maximum absolute atomic E-state index is 13.5. The summed E-state index contributed by atoms with van der Waals surface area (Å²) < 4.78 is 12.1. The van der Waals surface area contributed by atoms with E-state index in [9.17, 15) is 9.59 Å². The van der Waals surface area contributed by atoms with Crippen LogP contribution in [0.4, 0.5) is 5.69 Å². The second-order valence-corrected chi connectivity index (χ2v) is 11.6. The van der Waals surface area contributed by atoms with Gasteiger partial charge in [-0.2, -0.15) is 0 Å². The lowest BCUT2D eigenvalue weighted by molar-refractivity contribution is 0.0120. The van der Waals surface area contributed by atoms with E-state index in [1.165, 1.54) is 0 Å². The van der Waals surface area contributed by atoms with Crippen LogP contribution in [0, 0.1) is 13.8 Å². The molecule has 0 unspecified atom stereocenters. The molecule has 1 aromatic carbocycles. The molecule has 0 atom stereocenters. The molecule has 1 aromatic heterocycles. The van der Waals surface area contributed by atoms with Gasteiger partial charge in [0.2, 0.25) is 0 Å². The number of nitrogens with zero attached hydrogens (tertiary/aromatic N) is 2. The van der Waals surface area contributed by atoms with Crippen molar-refractivity contribution in [1.29, 1.82) is 0 Å². The number of rotatable bonds is 9. The van der Waals surface area contributed by atoms with Gasteiger partial charge in [-0.1, -0.05) is 11.6 Å². The molecule has 9 nitrogen and oxygen atoms in total. The smallest absolute Gasteiger partial charge is 0.253 e. The zero-order chi connectivity index (χ0) is 28.2. The fourth-order valence-electron chi connectivity index (χ4n) is 6.18. The molecule has 3 aliphatic rings. The summed E-state index contributed by atoms with van der Waals surface area (Å²) in [6, 6.07) is 6.47. The lowest BCUT2D eigenvalue weighted by atomic mass is 9.87. The van der Waals surface area contributed by atoms with E-state index in [2.05, 4.69) is 32.3 Å². The Hall–Kier alpha value is -2.59. The van der Waals surface area contributed by atoms with Crippen LogP contribution in [0.25, 0.3) is 0 Å². The van der Waals surface area contributed by atoms with Gasteiger partial charge in [0.15, 0.2) is 0 Å². The average molecular weight is 572 g/mol. The number of aromatic amines is 1. The highest BCUT2D eigenvalue weighted by Crippen LogP contribution is 2.38. The molecule has 2 aromatic rings. The van der Waals surface area contributed by atoms with Crippen molar-refractivity contribution in [2.75, 3.05) is 50.8 Å². The van der Waals surface area contributed by atoms with Gasteiger partial charge in [0, 0.05) is 94.7 Å². The summed E-state index contributed by atoms with van der Waals surface area (Å²) in [6.45, 7) is 12.3. The van der Waals surface area contributed by atoms with Gasteiger partial charge in [0.05, 0.1) is 16.3 Å². The van der Waals surface area contributed by atoms with Crippen LogP contribution in [0.5, 0.6) is 5.75 Å². The van der Waals surface area contributed by atoms with Crippen LogP contribution < -0.4 is 25.8 Å². The van der Waals surface area contributed by atoms with Crippen LogP contribution in [0.2, 0.25) is 5.02 Å². The molecule has 3 fully saturated rings. The first kappa shape index (κ1) is 28.9. The number of benzene rings is 1. The van der Waals surface area contributed by atoms with Crippen molar-refractivity contribution in [1.82, 2.24) is 20.5 Å². The Labute approximate surface area is 241 Å². The first-order valence-electron chi connectivity index (χ1n) is 14.6. The summed E-state index contributed by atoms with van der Waals surface area (Å²) in [5.41, 5.74) is 3.14. The van der Waals surface area contributed by atoms with Crippen LogP contribution >= 0.6 is 11.6 Å². The Morgan fingerprint density at radius 1 is 1.18 bits per heavy atom. The zero-order valence-electron chi connectivity index (χ0n) is 23.9. The molecular formula is C30H42ClN5O4. The van der Waals surface area contributed by atoms with E-state index in [1.807, 2.05) is 26.0 Å². The molecular weight excluding hydrogens is 530 g/mol. The predicted molar refractivity (Wildman–Crippen MR) is 158 cm³/mol. The summed E-state index contributed by atoms with van der Waals surface area (Å²) in [5, 5.41) is 6.75. The summed E-state index contributed by atoms with van der Waals surface area (Å²) >= 11 is 6.97. The third-order valence-corrected chi connectivity index (χ3v) is 8.91. The van der Waals surface area contributed by atoms with Crippen molar-refractivity contribution in [3.05, 3.63) is 56.0 Å². The van der Waals surface area contributed by atoms with Gasteiger partial charge in [0.25, 0.3) is 11.5 Å². The van der Waals surface area contributed by atoms with Gasteiger partial charge in [-0.25, -0.2) is 0 Å². The standard InChI is InChI=1S/C30H42ClN5O4/c1-4-36(21-5-11-39-12-6-21)27-17-24(40-23-14-22(15-23)35-9-7-32-8-10-35)16-25(28(27)31)29(37)33-18-26-19(2)13-20(3)34-30(26)38/h13,16-17,21-23,32H,4-12,14-15,18H2,1-3H3,(H,33,37)(H,34,38)/t22-,23-. The maximum Gasteiger partial charge on any atom is 0.253 e. The number of carbonyl (C=O) groups is 1. The van der Waals surface area contributed by atoms with Crippen LogP contribution in [-0.4, -0.2) is 79.9 Å². The topological polar surface area (TPSA) is 98.9 Å². The molecule has 1 aliphatic carbocycles. The third kappa shape index (κ3) is 6.48. The maximum atomic E-state index is 13.5. The number of H-pyrrole nitrogens is 1. The minimum Gasteiger partial charge on any atom is -0.490 e. The minimum atomic E-state index is -0.327. The van der Waals surface area contributed by atoms with Gasteiger partial charge in [0.1, 0.15) is 11.9 Å². The lowest BCUT2D eigenvalue weighted by Gasteiger charge is -2.44. The van der Waals surface area contributed by atoms with Crippen molar-refractivity contribution in [3.63, 3.8) is 0 Å². The van der Waals surface area contributed by atoms with E-state index in [1.54, 1.807) is 6.07 Å². The highest BCUT2D eigenvalue weighted by Gasteiger charge is 2.36. The number of ether oxygens (including phenoxy) is 2. The molecule has 0 spiro atoms. The second-order valence-electron chi connectivity index (χ2n) is 11.2. The molecule has 2 aliphatic heterocycles. The minimum absolute atomic E-state index is 0.108. The van der Waals surface area contributed by atoms with Crippen molar-refractivity contribution < 1.29 is 14.3 Å². The number of anilines is 1. The number of piperazine rings is 1. The first-order valence-corrected chi connectivity index (χ1v) is 15.0. The van der Waals surface area contributed by atoms with Crippen LogP contribution in [0.1, 0.15) is 59.8 Å². The molecule has 3 N–H and O–H groups in total. The zero-order valence-corrected chi connectivity index (χ0v) is 24.6. The Morgan fingerprint density at radius 2 is 1.90 bits per heavy atom. The van der Waals surface area contributed by atoms with Crippen LogP contribution in [-0.2, 0) is 11.3 Å². The predicted octanol–water partition coefficient (Wildman–Crippen LogP) is 3.40. The number of pyridine rings is 1. The Morgan fingerprint density at radius 3 is 2.58 bits per heavy atom. The monoisotopic (exact) mass is 571 g/mol. The van der Waals surface area contributed by atoms with Crippen LogP contribution in [0.15, 0.2) is 23.0 Å². The molecule has 10 heteroatoms. The van der Waals surface area contributed by atoms with E-state index in [-0.39, 0.29) is 30.2 Å². The molecule has 0 radical (unpaired) electrons. The van der Waals surface area contributed by atoms with Crippen molar-refractivity contribution in [2.45, 2.75) is 71.2 Å². The molecule has 2 saturated heterocycles. The lowest BCUT2D eigenvalue weighted by Crippen LogP contribution is -2.55. The molecule has 40 heavy (non-hydrogen) atoms. The van der Waals surface area contributed by atoms with E-state index >= 15 is 0 Å². The average Bonchev–Trinajstić information content (AvgIpc) is 2.92. The fourth-order valence-corrected chi connectivity index (χ4v) is 6.49. The van der Waals surface area contributed by atoms with Crippen molar-refractivity contribution >= 4 is 23.2 Å². The Bertz CT molecular complexity index is 1250. The molecule has 1 saturated carbocycles. The molecule has 5 rings (SSSR count). The number of halogens is 1. The number of carbonyl (C=O) groups excluding carboxylic acids is 1. The number of aromatic nitrogens is 1. The molecule has 0 bridgehead atoms. The van der Waals surface area contributed by atoms with E-state index in [0.29, 0.717) is 41.2 Å². The van der Waals surface area contributed by atoms with E-state index in [0.717, 1.165) is 75.4 Å². The highest BCUT2D eigenvalue weighted by molar-refractivity contribution is 6.36. The number of aryl methyl sites for hydroxylation is 2. The quantitative estimate of drug-likeness (QED) is 0.424. The first-order chi connectivity index (χ1) is 19.3. The molecule has 1 amide bonds. The second kappa shape index (κ2) is 12.9. The largest absolute Gasteiger partial charge is 0.490 e. The van der Waals surface area contributed by atoms with Gasteiger partial charge >= 0.3 is 0 Å². The fraction of sp³-hybridized carbons (Fsp3) is 0.600. The number of amides is 1. The summed E-state index contributed by atoms with van der Waals surface area (Å²) in [6.07, 6.45) is 3.87. The van der Waals surface area contributed by atoms with Crippen molar-refractivity contribution in [2.24, 2.45) is 0 Å². The van der Waals surface area contributed by atoms with Gasteiger partial charge < -0.3 is 30.0 Å².